The first-order chi connectivity index (χ1) is 8.06. The van der Waals surface area contributed by atoms with Crippen LogP contribution in [0.1, 0.15) is 30.7 Å². The summed E-state index contributed by atoms with van der Waals surface area (Å²) in [6, 6.07) is 0. The van der Waals surface area contributed by atoms with Gasteiger partial charge in [0, 0.05) is 20.2 Å². The molecule has 1 aromatic heterocycles. The first kappa shape index (κ1) is 14.2. The first-order valence-corrected chi connectivity index (χ1v) is 6.26. The number of halogens is 1. The minimum atomic E-state index is 0.258. The van der Waals surface area contributed by atoms with Crippen LogP contribution in [0.25, 0.3) is 0 Å². The fourth-order valence-corrected chi connectivity index (χ4v) is 1.86. The highest BCUT2D eigenvalue weighted by molar-refractivity contribution is 6.31. The van der Waals surface area contributed by atoms with E-state index in [1.165, 1.54) is 0 Å². The summed E-state index contributed by atoms with van der Waals surface area (Å²) in [6.07, 6.45) is 2.87. The Morgan fingerprint density at radius 1 is 1.12 bits per heavy atom. The molecule has 0 radical (unpaired) electrons. The van der Waals surface area contributed by atoms with E-state index in [2.05, 4.69) is 9.97 Å². The molecule has 0 saturated carbocycles. The summed E-state index contributed by atoms with van der Waals surface area (Å²) in [5, 5.41) is 9.16. The second kappa shape index (κ2) is 6.77. The van der Waals surface area contributed by atoms with Crippen LogP contribution in [0.5, 0.6) is 0 Å². The molecule has 1 rings (SSSR count). The zero-order chi connectivity index (χ0) is 12.8. The number of aliphatic hydroxyl groups excluding tert-OH is 1. The van der Waals surface area contributed by atoms with E-state index in [0.29, 0.717) is 5.15 Å². The van der Waals surface area contributed by atoms with E-state index in [1.54, 1.807) is 0 Å². The van der Waals surface area contributed by atoms with E-state index >= 15 is 0 Å². The molecule has 0 bridgehead atoms. The Balaban J connectivity index is 2.62. The molecule has 0 amide bonds. The van der Waals surface area contributed by atoms with Crippen LogP contribution in [0.4, 0.5) is 5.82 Å². The maximum Gasteiger partial charge on any atom is 0.171 e. The summed E-state index contributed by atoms with van der Waals surface area (Å²) < 4.78 is 0. The summed E-state index contributed by atoms with van der Waals surface area (Å²) in [4.78, 5) is 10.7. The highest BCUT2D eigenvalue weighted by atomic mass is 35.5. The predicted octanol–water partition coefficient (Wildman–Crippen LogP) is 2.35. The molecule has 1 heterocycles. The van der Waals surface area contributed by atoms with Crippen molar-refractivity contribution in [1.29, 1.82) is 0 Å². The molecule has 0 aliphatic rings. The van der Waals surface area contributed by atoms with Crippen LogP contribution in [0.2, 0.25) is 5.15 Å². The molecule has 0 aliphatic carbocycles. The van der Waals surface area contributed by atoms with Crippen LogP contribution < -0.4 is 4.90 Å². The average molecular weight is 258 g/mol. The Labute approximate surface area is 108 Å². The number of aliphatic hydroxyl groups is 1. The van der Waals surface area contributed by atoms with Gasteiger partial charge in [0.15, 0.2) is 11.0 Å². The lowest BCUT2D eigenvalue weighted by molar-refractivity contribution is 0.283. The molecule has 4 nitrogen and oxygen atoms in total. The summed E-state index contributed by atoms with van der Waals surface area (Å²) in [5.74, 6) is 0.735. The molecule has 0 saturated heterocycles. The Morgan fingerprint density at radius 2 is 1.76 bits per heavy atom. The molecular weight excluding hydrogens is 238 g/mol. The minimum absolute atomic E-state index is 0.258. The highest BCUT2D eigenvalue weighted by Gasteiger charge is 2.11. The van der Waals surface area contributed by atoms with Crippen molar-refractivity contribution in [2.24, 2.45) is 0 Å². The van der Waals surface area contributed by atoms with E-state index in [4.69, 9.17) is 16.7 Å². The molecule has 0 aromatic carbocycles. The molecule has 1 N–H and O–H groups in total. The molecule has 0 spiro atoms. The predicted molar refractivity (Wildman–Crippen MR) is 70.7 cm³/mol. The molecule has 96 valence electrons. The molecule has 0 fully saturated rings. The van der Waals surface area contributed by atoms with Crippen molar-refractivity contribution in [2.75, 3.05) is 25.1 Å². The highest BCUT2D eigenvalue weighted by Crippen LogP contribution is 2.21. The Kier molecular flexibility index (Phi) is 5.65. The van der Waals surface area contributed by atoms with Crippen molar-refractivity contribution in [3.05, 3.63) is 16.5 Å². The van der Waals surface area contributed by atoms with Crippen molar-refractivity contribution in [3.8, 4) is 0 Å². The number of aryl methyl sites for hydroxylation is 2. The van der Waals surface area contributed by atoms with Gasteiger partial charge in [-0.15, -0.1) is 0 Å². The van der Waals surface area contributed by atoms with E-state index in [-0.39, 0.29) is 6.61 Å². The van der Waals surface area contributed by atoms with E-state index < -0.39 is 0 Å². The molecule has 0 atom stereocenters. The van der Waals surface area contributed by atoms with Gasteiger partial charge in [-0.1, -0.05) is 11.6 Å². The van der Waals surface area contributed by atoms with Crippen molar-refractivity contribution in [3.63, 3.8) is 0 Å². The van der Waals surface area contributed by atoms with Gasteiger partial charge in [-0.2, -0.15) is 0 Å². The fraction of sp³-hybridized carbons (Fsp3) is 0.667. The van der Waals surface area contributed by atoms with E-state index in [1.807, 2.05) is 25.8 Å². The third-order valence-electron chi connectivity index (χ3n) is 2.76. The molecule has 17 heavy (non-hydrogen) atoms. The number of hydrogen-bond acceptors (Lipinski definition) is 4. The van der Waals surface area contributed by atoms with Crippen molar-refractivity contribution >= 4 is 17.4 Å². The monoisotopic (exact) mass is 257 g/mol. The fourth-order valence-electron chi connectivity index (χ4n) is 1.55. The molecule has 1 aromatic rings. The van der Waals surface area contributed by atoms with Crippen molar-refractivity contribution in [2.45, 2.75) is 33.1 Å². The van der Waals surface area contributed by atoms with Gasteiger partial charge in [-0.05, 0) is 33.1 Å². The minimum Gasteiger partial charge on any atom is -0.396 e. The molecule has 0 unspecified atom stereocenters. The number of nitrogens with zero attached hydrogens (tertiary/aromatic N) is 3. The largest absolute Gasteiger partial charge is 0.396 e. The third-order valence-corrected chi connectivity index (χ3v) is 3.01. The maximum atomic E-state index is 8.70. The summed E-state index contributed by atoms with van der Waals surface area (Å²) in [7, 11) is 1.96. The van der Waals surface area contributed by atoms with Gasteiger partial charge >= 0.3 is 0 Å². The Morgan fingerprint density at radius 3 is 2.41 bits per heavy atom. The van der Waals surface area contributed by atoms with Gasteiger partial charge in [0.2, 0.25) is 0 Å². The van der Waals surface area contributed by atoms with E-state index in [0.717, 1.165) is 43.0 Å². The standard InChI is InChI=1S/C12H20ClN3O/c1-9-10(2)15-12(11(13)14-9)16(3)7-5-4-6-8-17/h17H,4-8H2,1-3H3. The lowest BCUT2D eigenvalue weighted by Crippen LogP contribution is -2.21. The quantitative estimate of drug-likeness (QED) is 0.795. The van der Waals surface area contributed by atoms with Crippen LogP contribution in [0.3, 0.4) is 0 Å². The summed E-state index contributed by atoms with van der Waals surface area (Å²) >= 11 is 6.08. The van der Waals surface area contributed by atoms with Crippen molar-refractivity contribution < 1.29 is 5.11 Å². The first-order valence-electron chi connectivity index (χ1n) is 5.89. The number of unbranched alkanes of at least 4 members (excludes halogenated alkanes) is 2. The number of rotatable bonds is 6. The maximum absolute atomic E-state index is 8.70. The second-order valence-electron chi connectivity index (χ2n) is 4.21. The van der Waals surface area contributed by atoms with Gasteiger partial charge in [-0.25, -0.2) is 9.97 Å². The molecule has 5 heteroatoms. The van der Waals surface area contributed by atoms with E-state index in [9.17, 15) is 0 Å². The van der Waals surface area contributed by atoms with Gasteiger partial charge in [0.25, 0.3) is 0 Å². The van der Waals surface area contributed by atoms with Crippen LogP contribution in [0.15, 0.2) is 0 Å². The SMILES string of the molecule is Cc1nc(Cl)c(N(C)CCCCCO)nc1C. The van der Waals surface area contributed by atoms with Crippen LogP contribution in [-0.2, 0) is 0 Å². The Hall–Kier alpha value is -0.870. The van der Waals surface area contributed by atoms with Gasteiger partial charge in [-0.3, -0.25) is 0 Å². The van der Waals surface area contributed by atoms with Crippen LogP contribution in [-0.4, -0.2) is 35.3 Å². The number of aromatic nitrogens is 2. The van der Waals surface area contributed by atoms with Gasteiger partial charge < -0.3 is 10.0 Å². The summed E-state index contributed by atoms with van der Waals surface area (Å²) in [5.41, 5.74) is 1.78. The second-order valence-corrected chi connectivity index (χ2v) is 4.57. The summed E-state index contributed by atoms with van der Waals surface area (Å²) in [6.45, 7) is 4.96. The zero-order valence-corrected chi connectivity index (χ0v) is 11.5. The zero-order valence-electron chi connectivity index (χ0n) is 10.7. The van der Waals surface area contributed by atoms with Gasteiger partial charge in [0.05, 0.1) is 11.4 Å². The Bertz CT molecular complexity index is 371. The topological polar surface area (TPSA) is 49.2 Å². The lowest BCUT2D eigenvalue weighted by Gasteiger charge is -2.19. The van der Waals surface area contributed by atoms with Crippen molar-refractivity contribution in [1.82, 2.24) is 9.97 Å². The molecular formula is C12H20ClN3O. The third kappa shape index (κ3) is 4.13. The average Bonchev–Trinajstić information content (AvgIpc) is 2.29. The normalized spacial score (nSPS) is 10.6. The molecule has 0 aliphatic heterocycles. The number of hydrogen-bond donors (Lipinski definition) is 1. The van der Waals surface area contributed by atoms with Crippen LogP contribution in [0, 0.1) is 13.8 Å². The van der Waals surface area contributed by atoms with Crippen LogP contribution >= 0.6 is 11.6 Å². The number of anilines is 1. The smallest absolute Gasteiger partial charge is 0.171 e. The van der Waals surface area contributed by atoms with Gasteiger partial charge in [0.1, 0.15) is 0 Å². The lowest BCUT2D eigenvalue weighted by atomic mass is 10.2.